The van der Waals surface area contributed by atoms with E-state index in [0.717, 1.165) is 26.2 Å². The van der Waals surface area contributed by atoms with Gasteiger partial charge < -0.3 is 4.90 Å². The van der Waals surface area contributed by atoms with Crippen LogP contribution in [0.1, 0.15) is 34.1 Å². The van der Waals surface area contributed by atoms with Crippen molar-refractivity contribution in [1.82, 2.24) is 9.80 Å². The Labute approximate surface area is 99.8 Å². The van der Waals surface area contributed by atoms with Gasteiger partial charge in [0.1, 0.15) is 5.78 Å². The Bertz CT molecular complexity index is 250. The van der Waals surface area contributed by atoms with Crippen LogP contribution >= 0.6 is 0 Å². The van der Waals surface area contributed by atoms with Crippen LogP contribution in [-0.4, -0.2) is 54.9 Å². The number of carbonyl (C=O) groups is 1. The summed E-state index contributed by atoms with van der Waals surface area (Å²) in [5.74, 6) is 0.291. The number of rotatable bonds is 4. The quantitative estimate of drug-likeness (QED) is 0.728. The molecular weight excluding hydrogens is 200 g/mol. The molecule has 0 bridgehead atoms. The first kappa shape index (κ1) is 13.7. The molecule has 1 rings (SSSR count). The molecule has 0 aromatic rings. The van der Waals surface area contributed by atoms with Crippen molar-refractivity contribution in [3.8, 4) is 0 Å². The number of Topliss-reactive ketones (excluding diaryl/α,β-unsaturated/α-hetero) is 1. The summed E-state index contributed by atoms with van der Waals surface area (Å²) in [6, 6.07) is 0.650. The molecule has 0 aromatic carbocycles. The average molecular weight is 226 g/mol. The molecule has 16 heavy (non-hydrogen) atoms. The minimum Gasteiger partial charge on any atom is -0.301 e. The molecule has 0 radical (unpaired) electrons. The van der Waals surface area contributed by atoms with E-state index in [0.29, 0.717) is 11.8 Å². The molecule has 94 valence electrons. The number of ketones is 1. The summed E-state index contributed by atoms with van der Waals surface area (Å²) in [6.07, 6.45) is 1.19. The van der Waals surface area contributed by atoms with Gasteiger partial charge >= 0.3 is 0 Å². The summed E-state index contributed by atoms with van der Waals surface area (Å²) in [5.41, 5.74) is -0.200. The SMILES string of the molecule is CCC1CN(CC(C)(C)C(C)=O)CCN1C. The third-order valence-electron chi connectivity index (χ3n) is 3.90. The Balaban J connectivity index is 2.53. The second kappa shape index (κ2) is 5.28. The van der Waals surface area contributed by atoms with Crippen molar-refractivity contribution in [2.24, 2.45) is 5.41 Å². The van der Waals surface area contributed by atoms with Gasteiger partial charge in [-0.05, 0) is 20.4 Å². The van der Waals surface area contributed by atoms with Gasteiger partial charge in [-0.15, -0.1) is 0 Å². The number of piperazine rings is 1. The molecule has 1 heterocycles. The van der Waals surface area contributed by atoms with E-state index in [-0.39, 0.29) is 5.41 Å². The third-order valence-corrected chi connectivity index (χ3v) is 3.90. The second-order valence-corrected chi connectivity index (χ2v) is 5.72. The van der Waals surface area contributed by atoms with Crippen molar-refractivity contribution in [1.29, 1.82) is 0 Å². The van der Waals surface area contributed by atoms with Crippen LogP contribution in [0.5, 0.6) is 0 Å². The van der Waals surface area contributed by atoms with Crippen molar-refractivity contribution in [3.63, 3.8) is 0 Å². The number of nitrogens with zero attached hydrogens (tertiary/aromatic N) is 2. The normalized spacial score (nSPS) is 24.7. The summed E-state index contributed by atoms with van der Waals surface area (Å²) in [5, 5.41) is 0. The van der Waals surface area contributed by atoms with Crippen LogP contribution in [0.25, 0.3) is 0 Å². The van der Waals surface area contributed by atoms with Crippen molar-refractivity contribution in [2.45, 2.75) is 40.2 Å². The van der Waals surface area contributed by atoms with Crippen LogP contribution in [0.4, 0.5) is 0 Å². The predicted octanol–water partition coefficient (Wildman–Crippen LogP) is 1.63. The summed E-state index contributed by atoms with van der Waals surface area (Å²) in [7, 11) is 2.20. The fourth-order valence-electron chi connectivity index (χ4n) is 2.27. The summed E-state index contributed by atoms with van der Waals surface area (Å²) >= 11 is 0. The molecule has 1 fully saturated rings. The Morgan fingerprint density at radius 3 is 2.50 bits per heavy atom. The lowest BCUT2D eigenvalue weighted by atomic mass is 9.88. The Kier molecular flexibility index (Phi) is 4.51. The second-order valence-electron chi connectivity index (χ2n) is 5.72. The van der Waals surface area contributed by atoms with Crippen molar-refractivity contribution in [3.05, 3.63) is 0 Å². The highest BCUT2D eigenvalue weighted by Crippen LogP contribution is 2.20. The number of likely N-dealkylation sites (N-methyl/N-ethyl adjacent to an activating group) is 1. The molecular formula is C13H26N2O. The minimum absolute atomic E-state index is 0.200. The summed E-state index contributed by atoms with van der Waals surface area (Å²) < 4.78 is 0. The molecule has 0 saturated carbocycles. The first-order valence-electron chi connectivity index (χ1n) is 6.30. The van der Waals surface area contributed by atoms with Gasteiger partial charge in [0.25, 0.3) is 0 Å². The zero-order valence-electron chi connectivity index (χ0n) is 11.4. The maximum Gasteiger partial charge on any atom is 0.136 e. The number of carbonyl (C=O) groups excluding carboxylic acids is 1. The van der Waals surface area contributed by atoms with Crippen molar-refractivity contribution in [2.75, 3.05) is 33.2 Å². The Morgan fingerprint density at radius 1 is 1.38 bits per heavy atom. The molecule has 0 N–H and O–H groups in total. The molecule has 1 aliphatic rings. The lowest BCUT2D eigenvalue weighted by Crippen LogP contribution is -2.53. The third kappa shape index (κ3) is 3.29. The minimum atomic E-state index is -0.200. The highest BCUT2D eigenvalue weighted by Gasteiger charge is 2.30. The van der Waals surface area contributed by atoms with Gasteiger partial charge in [-0.1, -0.05) is 20.8 Å². The highest BCUT2D eigenvalue weighted by molar-refractivity contribution is 5.81. The van der Waals surface area contributed by atoms with Gasteiger partial charge in [-0.25, -0.2) is 0 Å². The highest BCUT2D eigenvalue weighted by atomic mass is 16.1. The lowest BCUT2D eigenvalue weighted by Gasteiger charge is -2.41. The van der Waals surface area contributed by atoms with E-state index in [1.807, 2.05) is 0 Å². The van der Waals surface area contributed by atoms with Crippen LogP contribution < -0.4 is 0 Å². The van der Waals surface area contributed by atoms with Crippen molar-refractivity contribution < 1.29 is 4.79 Å². The lowest BCUT2D eigenvalue weighted by molar-refractivity contribution is -0.126. The Hall–Kier alpha value is -0.410. The van der Waals surface area contributed by atoms with E-state index in [1.54, 1.807) is 6.92 Å². The van der Waals surface area contributed by atoms with E-state index < -0.39 is 0 Å². The molecule has 1 atom stereocenters. The molecule has 0 aromatic heterocycles. The van der Waals surface area contributed by atoms with Gasteiger partial charge in [0.05, 0.1) is 0 Å². The van der Waals surface area contributed by atoms with Crippen LogP contribution in [0.2, 0.25) is 0 Å². The number of hydrogen-bond donors (Lipinski definition) is 0. The van der Waals surface area contributed by atoms with Crippen LogP contribution in [0.15, 0.2) is 0 Å². The maximum atomic E-state index is 11.5. The van der Waals surface area contributed by atoms with Crippen LogP contribution in [0.3, 0.4) is 0 Å². The van der Waals surface area contributed by atoms with E-state index in [4.69, 9.17) is 0 Å². The smallest absolute Gasteiger partial charge is 0.136 e. The molecule has 1 saturated heterocycles. The molecule has 1 unspecified atom stereocenters. The van der Waals surface area contributed by atoms with Crippen LogP contribution in [0, 0.1) is 5.41 Å². The summed E-state index contributed by atoms with van der Waals surface area (Å²) in [6.45, 7) is 12.2. The Morgan fingerprint density at radius 2 is 2.00 bits per heavy atom. The molecule has 3 heteroatoms. The van der Waals surface area contributed by atoms with Gasteiger partial charge in [0.2, 0.25) is 0 Å². The summed E-state index contributed by atoms with van der Waals surface area (Å²) in [4.78, 5) is 16.4. The fourth-order valence-corrected chi connectivity index (χ4v) is 2.27. The molecule has 3 nitrogen and oxygen atoms in total. The van der Waals surface area contributed by atoms with Crippen molar-refractivity contribution >= 4 is 5.78 Å². The van der Waals surface area contributed by atoms with E-state index in [1.165, 1.54) is 6.42 Å². The van der Waals surface area contributed by atoms with E-state index in [2.05, 4.69) is 37.6 Å². The topological polar surface area (TPSA) is 23.6 Å². The molecule has 0 amide bonds. The number of hydrogen-bond acceptors (Lipinski definition) is 3. The standard InChI is InChI=1S/C13H26N2O/c1-6-12-9-15(8-7-14(12)5)10-13(3,4)11(2)16/h12H,6-10H2,1-5H3. The maximum absolute atomic E-state index is 11.5. The van der Waals surface area contributed by atoms with Gasteiger partial charge in [0.15, 0.2) is 0 Å². The average Bonchev–Trinajstić information content (AvgIpc) is 2.20. The zero-order valence-corrected chi connectivity index (χ0v) is 11.4. The largest absolute Gasteiger partial charge is 0.301 e. The van der Waals surface area contributed by atoms with E-state index in [9.17, 15) is 4.79 Å². The first-order valence-corrected chi connectivity index (χ1v) is 6.30. The zero-order chi connectivity index (χ0) is 12.3. The van der Waals surface area contributed by atoms with E-state index >= 15 is 0 Å². The van der Waals surface area contributed by atoms with Crippen LogP contribution in [-0.2, 0) is 4.79 Å². The van der Waals surface area contributed by atoms with Gasteiger partial charge in [0, 0.05) is 37.6 Å². The monoisotopic (exact) mass is 226 g/mol. The first-order chi connectivity index (χ1) is 7.36. The predicted molar refractivity (Wildman–Crippen MR) is 67.6 cm³/mol. The van der Waals surface area contributed by atoms with Gasteiger partial charge in [-0.3, -0.25) is 9.69 Å². The molecule has 1 aliphatic heterocycles. The molecule has 0 aliphatic carbocycles. The van der Waals surface area contributed by atoms with Gasteiger partial charge in [-0.2, -0.15) is 0 Å². The molecule has 0 spiro atoms. The fraction of sp³-hybridized carbons (Fsp3) is 0.923.